The van der Waals surface area contributed by atoms with Crippen LogP contribution in [0.15, 0.2) is 12.4 Å². The van der Waals surface area contributed by atoms with E-state index in [1.165, 1.54) is 12.4 Å². The number of carboxylic acid groups (broad SMARTS) is 1. The van der Waals surface area contributed by atoms with Gasteiger partial charge in [0.25, 0.3) is 0 Å². The molecule has 1 fully saturated rings. The van der Waals surface area contributed by atoms with E-state index in [9.17, 15) is 4.79 Å². The van der Waals surface area contributed by atoms with Gasteiger partial charge < -0.3 is 19.9 Å². The molecule has 0 aromatic carbocycles. The summed E-state index contributed by atoms with van der Waals surface area (Å²) in [5, 5.41) is 12.0. The monoisotopic (exact) mass is 281 g/mol. The van der Waals surface area contributed by atoms with Gasteiger partial charge in [0, 0.05) is 32.3 Å². The molecule has 1 aromatic rings. The maximum absolute atomic E-state index is 10.7. The van der Waals surface area contributed by atoms with Gasteiger partial charge in [-0.1, -0.05) is 0 Å². The number of nitrogens with one attached hydrogen (secondary N) is 1. The van der Waals surface area contributed by atoms with E-state index in [-0.39, 0.29) is 11.1 Å². The number of hydrogen-bond acceptors (Lipinski definition) is 6. The summed E-state index contributed by atoms with van der Waals surface area (Å²) in [4.78, 5) is 18.6. The molecule has 0 radical (unpaired) electrons. The van der Waals surface area contributed by atoms with Crippen molar-refractivity contribution in [3.8, 4) is 0 Å². The molecule has 1 aliphatic rings. The third kappa shape index (κ3) is 3.64. The average Bonchev–Trinajstić information content (AvgIpc) is 2.47. The molecular formula is C13H19N3O4. The maximum atomic E-state index is 10.7. The summed E-state index contributed by atoms with van der Waals surface area (Å²) in [6.07, 6.45) is 4.53. The summed E-state index contributed by atoms with van der Waals surface area (Å²) in [5.41, 5.74) is -0.0339. The van der Waals surface area contributed by atoms with Crippen molar-refractivity contribution in [3.63, 3.8) is 0 Å². The third-order valence-corrected chi connectivity index (χ3v) is 3.52. The van der Waals surface area contributed by atoms with Crippen molar-refractivity contribution in [3.05, 3.63) is 18.1 Å². The second-order valence-corrected chi connectivity index (χ2v) is 4.99. The highest BCUT2D eigenvalue weighted by Crippen LogP contribution is 2.30. The minimum Gasteiger partial charge on any atom is -0.476 e. The third-order valence-electron chi connectivity index (χ3n) is 3.52. The second kappa shape index (κ2) is 6.62. The smallest absolute Gasteiger partial charge is 0.356 e. The zero-order valence-electron chi connectivity index (χ0n) is 11.5. The minimum absolute atomic E-state index is 0.0279. The Hall–Kier alpha value is -1.73. The van der Waals surface area contributed by atoms with Crippen molar-refractivity contribution in [2.45, 2.75) is 12.8 Å². The standard InChI is InChI=1S/C13H19N3O4/c1-19-9-13(2-4-20-5-3-13)8-16-11-7-14-10(6-15-11)12(17)18/h6-7H,2-5,8-9H2,1H3,(H,15,16)(H,17,18). The van der Waals surface area contributed by atoms with Gasteiger partial charge in [0.05, 0.1) is 19.0 Å². The summed E-state index contributed by atoms with van der Waals surface area (Å²) in [5.74, 6) is -0.513. The lowest BCUT2D eigenvalue weighted by atomic mass is 9.81. The molecule has 1 saturated heterocycles. The van der Waals surface area contributed by atoms with Crippen LogP contribution >= 0.6 is 0 Å². The molecule has 0 unspecified atom stereocenters. The number of aromatic nitrogens is 2. The van der Waals surface area contributed by atoms with Crippen LogP contribution in [0.3, 0.4) is 0 Å². The molecule has 2 rings (SSSR count). The first-order valence-corrected chi connectivity index (χ1v) is 6.51. The van der Waals surface area contributed by atoms with E-state index >= 15 is 0 Å². The Kier molecular flexibility index (Phi) is 4.86. The molecule has 0 bridgehead atoms. The molecule has 0 amide bonds. The lowest BCUT2D eigenvalue weighted by Crippen LogP contribution is -2.39. The molecule has 1 aromatic heterocycles. The number of aromatic carboxylic acids is 1. The molecule has 110 valence electrons. The van der Waals surface area contributed by atoms with Gasteiger partial charge in [-0.15, -0.1) is 0 Å². The van der Waals surface area contributed by atoms with E-state index in [0.717, 1.165) is 26.1 Å². The van der Waals surface area contributed by atoms with Gasteiger partial charge in [0.15, 0.2) is 5.69 Å². The fraction of sp³-hybridized carbons (Fsp3) is 0.615. The van der Waals surface area contributed by atoms with E-state index in [0.29, 0.717) is 19.0 Å². The average molecular weight is 281 g/mol. The first kappa shape index (κ1) is 14.7. The highest BCUT2D eigenvalue weighted by atomic mass is 16.5. The Labute approximate surface area is 117 Å². The number of anilines is 1. The molecule has 20 heavy (non-hydrogen) atoms. The number of rotatable bonds is 6. The summed E-state index contributed by atoms with van der Waals surface area (Å²) < 4.78 is 10.7. The van der Waals surface area contributed by atoms with Crippen molar-refractivity contribution in [2.24, 2.45) is 5.41 Å². The van der Waals surface area contributed by atoms with Crippen LogP contribution in [0.25, 0.3) is 0 Å². The van der Waals surface area contributed by atoms with Crippen molar-refractivity contribution in [1.29, 1.82) is 0 Å². The van der Waals surface area contributed by atoms with Gasteiger partial charge in [-0.3, -0.25) is 0 Å². The van der Waals surface area contributed by atoms with Crippen LogP contribution in [-0.2, 0) is 9.47 Å². The van der Waals surface area contributed by atoms with Crippen molar-refractivity contribution in [1.82, 2.24) is 9.97 Å². The molecule has 7 heteroatoms. The maximum Gasteiger partial charge on any atom is 0.356 e. The van der Waals surface area contributed by atoms with Gasteiger partial charge >= 0.3 is 5.97 Å². The Morgan fingerprint density at radius 3 is 2.75 bits per heavy atom. The fourth-order valence-electron chi connectivity index (χ4n) is 2.29. The molecule has 0 spiro atoms. The van der Waals surface area contributed by atoms with Crippen LogP contribution in [0.4, 0.5) is 5.82 Å². The molecular weight excluding hydrogens is 262 g/mol. The topological polar surface area (TPSA) is 93.6 Å². The lowest BCUT2D eigenvalue weighted by Gasteiger charge is -2.36. The summed E-state index contributed by atoms with van der Waals surface area (Å²) in [6, 6.07) is 0. The van der Waals surface area contributed by atoms with E-state index in [4.69, 9.17) is 14.6 Å². The van der Waals surface area contributed by atoms with Gasteiger partial charge in [0.2, 0.25) is 0 Å². The van der Waals surface area contributed by atoms with Crippen LogP contribution in [0.1, 0.15) is 23.3 Å². The van der Waals surface area contributed by atoms with Gasteiger partial charge in [-0.25, -0.2) is 14.8 Å². The number of carboxylic acids is 1. The molecule has 1 aliphatic heterocycles. The normalized spacial score (nSPS) is 17.6. The van der Waals surface area contributed by atoms with Crippen LogP contribution in [0.2, 0.25) is 0 Å². The molecule has 2 N–H and O–H groups in total. The van der Waals surface area contributed by atoms with Crippen molar-refractivity contribution >= 4 is 11.8 Å². The van der Waals surface area contributed by atoms with Crippen LogP contribution in [0, 0.1) is 5.41 Å². The number of ether oxygens (including phenoxy) is 2. The Morgan fingerprint density at radius 1 is 1.45 bits per heavy atom. The molecule has 0 atom stereocenters. The Balaban J connectivity index is 1.96. The molecule has 2 heterocycles. The van der Waals surface area contributed by atoms with Crippen LogP contribution in [-0.4, -0.2) is 54.5 Å². The SMILES string of the molecule is COCC1(CNc2cnc(C(=O)O)cn2)CCOCC1. The van der Waals surface area contributed by atoms with E-state index < -0.39 is 5.97 Å². The largest absolute Gasteiger partial charge is 0.476 e. The van der Waals surface area contributed by atoms with Gasteiger partial charge in [0.1, 0.15) is 5.82 Å². The predicted molar refractivity (Wildman–Crippen MR) is 71.8 cm³/mol. The summed E-state index contributed by atoms with van der Waals surface area (Å²) in [7, 11) is 1.69. The minimum atomic E-state index is -1.08. The van der Waals surface area contributed by atoms with Crippen LogP contribution in [0.5, 0.6) is 0 Å². The number of hydrogen-bond donors (Lipinski definition) is 2. The predicted octanol–water partition coefficient (Wildman–Crippen LogP) is 1.03. The second-order valence-electron chi connectivity index (χ2n) is 4.99. The van der Waals surface area contributed by atoms with Gasteiger partial charge in [-0.05, 0) is 12.8 Å². The first-order chi connectivity index (χ1) is 9.65. The van der Waals surface area contributed by atoms with Crippen molar-refractivity contribution < 1.29 is 19.4 Å². The quantitative estimate of drug-likeness (QED) is 0.804. The number of nitrogens with zero attached hydrogens (tertiary/aromatic N) is 2. The molecule has 0 saturated carbocycles. The van der Waals surface area contributed by atoms with Crippen molar-refractivity contribution in [2.75, 3.05) is 38.8 Å². The highest BCUT2D eigenvalue weighted by Gasteiger charge is 2.32. The Morgan fingerprint density at radius 2 is 2.20 bits per heavy atom. The van der Waals surface area contributed by atoms with Crippen LogP contribution < -0.4 is 5.32 Å². The number of methoxy groups -OCH3 is 1. The summed E-state index contributed by atoms with van der Waals surface area (Å²) >= 11 is 0. The zero-order valence-corrected chi connectivity index (χ0v) is 11.5. The first-order valence-electron chi connectivity index (χ1n) is 6.51. The van der Waals surface area contributed by atoms with E-state index in [2.05, 4.69) is 15.3 Å². The van der Waals surface area contributed by atoms with Gasteiger partial charge in [-0.2, -0.15) is 0 Å². The lowest BCUT2D eigenvalue weighted by molar-refractivity contribution is -0.0204. The van der Waals surface area contributed by atoms with E-state index in [1.54, 1.807) is 7.11 Å². The highest BCUT2D eigenvalue weighted by molar-refractivity contribution is 5.84. The van der Waals surface area contributed by atoms with E-state index in [1.807, 2.05) is 0 Å². The fourth-order valence-corrected chi connectivity index (χ4v) is 2.29. The Bertz CT molecular complexity index is 438. The molecule has 0 aliphatic carbocycles. The summed E-state index contributed by atoms with van der Waals surface area (Å²) in [6.45, 7) is 2.82. The molecule has 7 nitrogen and oxygen atoms in total. The zero-order chi connectivity index (χ0) is 14.4. The number of carbonyl (C=O) groups is 1.